The first-order valence-corrected chi connectivity index (χ1v) is 16.4. The summed E-state index contributed by atoms with van der Waals surface area (Å²) in [5.41, 5.74) is -3.51. The van der Waals surface area contributed by atoms with Crippen molar-refractivity contribution in [1.82, 2.24) is 0 Å². The topological polar surface area (TPSA) is 185 Å². The standard InChI is InChI=1S/C35H28ClF2N5O9/c1-35-21(32(46)41(34(35)48)15-7-10-23(37)22(36)11-15)14-20-17(28(35)19-5-4-6-24(38)30(19)44)8-9-18-27(20)33(47)40(31(18)45)16-12-25(42(49)50)29(39(2)3)26(13-16)43(51)52/h4-8,10-13,18,20-21,27-28,44H,9,14H2,1-3H3. The van der Waals surface area contributed by atoms with Crippen molar-refractivity contribution in [3.63, 3.8) is 0 Å². The summed E-state index contributed by atoms with van der Waals surface area (Å²) in [6.07, 6.45) is 1.40. The molecule has 52 heavy (non-hydrogen) atoms. The Morgan fingerprint density at radius 2 is 1.54 bits per heavy atom. The van der Waals surface area contributed by atoms with Crippen molar-refractivity contribution in [3.05, 3.63) is 103 Å². The molecular weight excluding hydrogens is 708 g/mol. The lowest BCUT2D eigenvalue weighted by atomic mass is 9.51. The zero-order chi connectivity index (χ0) is 37.7. The van der Waals surface area contributed by atoms with Crippen LogP contribution in [0.2, 0.25) is 5.02 Å². The minimum Gasteiger partial charge on any atom is -0.505 e. The summed E-state index contributed by atoms with van der Waals surface area (Å²) in [5.74, 6) is -11.2. The first kappa shape index (κ1) is 34.7. The predicted octanol–water partition coefficient (Wildman–Crippen LogP) is 5.64. The van der Waals surface area contributed by atoms with E-state index in [-0.39, 0.29) is 40.5 Å². The number of carbonyl (C=O) groups excluding carboxylic acids is 4. The molecule has 2 heterocycles. The Morgan fingerprint density at radius 1 is 0.885 bits per heavy atom. The lowest BCUT2D eigenvalue weighted by molar-refractivity contribution is -0.392. The molecule has 6 unspecified atom stereocenters. The van der Waals surface area contributed by atoms with Gasteiger partial charge < -0.3 is 10.0 Å². The number of fused-ring (bicyclic) bond motifs is 4. The number of imide groups is 2. The molecule has 2 aliphatic carbocycles. The third-order valence-corrected chi connectivity index (χ3v) is 11.2. The van der Waals surface area contributed by atoms with E-state index in [2.05, 4.69) is 0 Å². The van der Waals surface area contributed by atoms with Crippen LogP contribution in [-0.2, 0) is 19.2 Å². The molecular formula is C35H28ClF2N5O9. The van der Waals surface area contributed by atoms with Gasteiger partial charge in [-0.05, 0) is 49.9 Å². The normalized spacial score (nSPS) is 26.6. The zero-order valence-corrected chi connectivity index (χ0v) is 28.3. The summed E-state index contributed by atoms with van der Waals surface area (Å²) in [6.45, 7) is 1.50. The Kier molecular flexibility index (Phi) is 7.93. The van der Waals surface area contributed by atoms with Gasteiger partial charge in [0.1, 0.15) is 5.82 Å². The van der Waals surface area contributed by atoms with Crippen LogP contribution in [0.5, 0.6) is 5.75 Å². The third kappa shape index (κ3) is 4.73. The number of nitrogens with zero attached hydrogens (tertiary/aromatic N) is 5. The molecule has 4 amide bonds. The number of allylic oxidation sites excluding steroid dienone is 2. The van der Waals surface area contributed by atoms with Gasteiger partial charge in [0.05, 0.1) is 49.4 Å². The fourth-order valence-corrected chi connectivity index (χ4v) is 8.88. The van der Waals surface area contributed by atoms with E-state index in [4.69, 9.17) is 11.6 Å². The van der Waals surface area contributed by atoms with Gasteiger partial charge in [-0.2, -0.15) is 0 Å². The highest BCUT2D eigenvalue weighted by molar-refractivity contribution is 6.32. The van der Waals surface area contributed by atoms with E-state index in [0.29, 0.717) is 10.5 Å². The summed E-state index contributed by atoms with van der Waals surface area (Å²) in [5, 5.41) is 34.8. The van der Waals surface area contributed by atoms with Gasteiger partial charge in [-0.25, -0.2) is 18.6 Å². The average molecular weight is 736 g/mol. The number of anilines is 3. The predicted molar refractivity (Wildman–Crippen MR) is 181 cm³/mol. The molecule has 7 rings (SSSR count). The van der Waals surface area contributed by atoms with Crippen LogP contribution in [0, 0.1) is 60.9 Å². The molecule has 6 atom stereocenters. The van der Waals surface area contributed by atoms with Crippen LogP contribution in [0.15, 0.2) is 60.2 Å². The van der Waals surface area contributed by atoms with E-state index in [0.717, 1.165) is 35.2 Å². The van der Waals surface area contributed by atoms with E-state index in [1.54, 1.807) is 6.08 Å². The van der Waals surface area contributed by atoms with Crippen molar-refractivity contribution >= 4 is 63.7 Å². The molecule has 3 fully saturated rings. The minimum absolute atomic E-state index is 0.0308. The number of hydrogen-bond donors (Lipinski definition) is 1. The number of rotatable bonds is 6. The van der Waals surface area contributed by atoms with E-state index in [9.17, 15) is 53.3 Å². The number of hydrogen-bond acceptors (Lipinski definition) is 10. The lowest BCUT2D eigenvalue weighted by Crippen LogP contribution is -2.49. The molecule has 14 nitrogen and oxygen atoms in total. The number of aromatic hydroxyl groups is 1. The first-order valence-electron chi connectivity index (χ1n) is 16.0. The number of amides is 4. The van der Waals surface area contributed by atoms with Crippen LogP contribution in [0.25, 0.3) is 0 Å². The molecule has 0 aromatic heterocycles. The summed E-state index contributed by atoms with van der Waals surface area (Å²) in [4.78, 5) is 82.4. The molecule has 2 saturated heterocycles. The summed E-state index contributed by atoms with van der Waals surface area (Å²) in [7, 11) is 2.74. The second-order valence-electron chi connectivity index (χ2n) is 13.7. The second-order valence-corrected chi connectivity index (χ2v) is 14.1. The van der Waals surface area contributed by atoms with Gasteiger partial charge in [0, 0.05) is 37.7 Å². The fraction of sp³-hybridized carbons (Fsp3) is 0.314. The lowest BCUT2D eigenvalue weighted by Gasteiger charge is -2.49. The van der Waals surface area contributed by atoms with Crippen molar-refractivity contribution in [2.75, 3.05) is 28.8 Å². The van der Waals surface area contributed by atoms with E-state index >= 15 is 0 Å². The highest BCUT2D eigenvalue weighted by Gasteiger charge is 2.68. The molecule has 4 aliphatic rings. The van der Waals surface area contributed by atoms with Gasteiger partial charge in [0.25, 0.3) is 0 Å². The van der Waals surface area contributed by atoms with Crippen LogP contribution >= 0.6 is 11.6 Å². The Labute approximate surface area is 298 Å². The molecule has 1 N–H and O–H groups in total. The fourth-order valence-electron chi connectivity index (χ4n) is 8.70. The Balaban J connectivity index is 1.37. The summed E-state index contributed by atoms with van der Waals surface area (Å²) in [6, 6.07) is 8.86. The van der Waals surface area contributed by atoms with Gasteiger partial charge in [0.15, 0.2) is 17.3 Å². The molecule has 268 valence electrons. The number of carbonyl (C=O) groups is 4. The number of nitro benzene ring substituents is 2. The van der Waals surface area contributed by atoms with Gasteiger partial charge in [-0.1, -0.05) is 35.4 Å². The van der Waals surface area contributed by atoms with Crippen LogP contribution in [0.1, 0.15) is 31.2 Å². The SMILES string of the molecule is CN(C)c1c([N+](=O)[O-])cc(N2C(=O)C3CC=C4C(CC5C(=O)N(c6ccc(F)c(Cl)c6)C(=O)C5(C)C4c4cccc(F)c4O)C3C2=O)cc1[N+](=O)[O-]. The molecule has 0 bridgehead atoms. The largest absolute Gasteiger partial charge is 0.505 e. The average Bonchev–Trinajstić information content (AvgIpc) is 3.46. The molecule has 0 spiro atoms. The Hall–Kier alpha value is -5.77. The summed E-state index contributed by atoms with van der Waals surface area (Å²) < 4.78 is 29.1. The first-order chi connectivity index (χ1) is 24.5. The molecule has 2 aliphatic heterocycles. The van der Waals surface area contributed by atoms with Gasteiger partial charge in [-0.3, -0.25) is 39.4 Å². The maximum Gasteiger partial charge on any atom is 0.301 e. The Morgan fingerprint density at radius 3 is 2.13 bits per heavy atom. The van der Waals surface area contributed by atoms with Gasteiger partial charge >= 0.3 is 11.4 Å². The van der Waals surface area contributed by atoms with E-state index in [1.807, 2.05) is 0 Å². The smallest absolute Gasteiger partial charge is 0.301 e. The number of nitro groups is 2. The van der Waals surface area contributed by atoms with Crippen molar-refractivity contribution in [3.8, 4) is 5.75 Å². The van der Waals surface area contributed by atoms with E-state index in [1.165, 1.54) is 44.1 Å². The number of para-hydroxylation sites is 1. The number of benzene rings is 3. The minimum atomic E-state index is -1.67. The summed E-state index contributed by atoms with van der Waals surface area (Å²) >= 11 is 6.01. The van der Waals surface area contributed by atoms with Crippen molar-refractivity contribution in [2.45, 2.75) is 25.7 Å². The molecule has 3 aromatic rings. The van der Waals surface area contributed by atoms with Crippen LogP contribution < -0.4 is 14.7 Å². The van der Waals surface area contributed by atoms with Crippen molar-refractivity contribution in [1.29, 1.82) is 0 Å². The molecule has 3 aromatic carbocycles. The monoisotopic (exact) mass is 735 g/mol. The van der Waals surface area contributed by atoms with Crippen molar-refractivity contribution < 1.29 is 42.9 Å². The van der Waals surface area contributed by atoms with Gasteiger partial charge in [-0.15, -0.1) is 0 Å². The number of phenols is 1. The quantitative estimate of drug-likeness (QED) is 0.144. The van der Waals surface area contributed by atoms with Crippen LogP contribution in [0.4, 0.5) is 37.2 Å². The van der Waals surface area contributed by atoms with Crippen LogP contribution in [0.3, 0.4) is 0 Å². The molecule has 0 radical (unpaired) electrons. The maximum atomic E-state index is 15.0. The highest BCUT2D eigenvalue weighted by Crippen LogP contribution is 2.64. The van der Waals surface area contributed by atoms with Gasteiger partial charge in [0.2, 0.25) is 23.6 Å². The van der Waals surface area contributed by atoms with E-state index < -0.39 is 97.2 Å². The second kappa shape index (κ2) is 11.9. The number of phenolic OH excluding ortho intramolecular Hbond substituents is 1. The molecule has 1 saturated carbocycles. The maximum absolute atomic E-state index is 15.0. The third-order valence-electron chi connectivity index (χ3n) is 10.9. The Bertz CT molecular complexity index is 2180. The molecule has 17 heteroatoms. The highest BCUT2D eigenvalue weighted by atomic mass is 35.5. The van der Waals surface area contributed by atoms with Crippen molar-refractivity contribution in [2.24, 2.45) is 29.1 Å². The van der Waals surface area contributed by atoms with Crippen LogP contribution in [-0.4, -0.2) is 52.7 Å². The zero-order valence-electron chi connectivity index (χ0n) is 27.6. The number of halogens is 3.